The molecule has 0 radical (unpaired) electrons. The second kappa shape index (κ2) is 5.77. The smallest absolute Gasteiger partial charge is 0.317 e. The molecule has 2 amide bonds. The van der Waals surface area contributed by atoms with Crippen LogP contribution < -0.4 is 5.32 Å². The Bertz CT molecular complexity index is 600. The number of benzene rings is 1. The predicted molar refractivity (Wildman–Crippen MR) is 81.9 cm³/mol. The van der Waals surface area contributed by atoms with Crippen molar-refractivity contribution < 1.29 is 9.90 Å². The van der Waals surface area contributed by atoms with E-state index >= 15 is 0 Å². The summed E-state index contributed by atoms with van der Waals surface area (Å²) in [6.45, 7) is 0.848. The lowest BCUT2D eigenvalue weighted by molar-refractivity contribution is 0.113. The molecule has 0 bridgehead atoms. The number of carbonyl (C=O) groups is 1. The third kappa shape index (κ3) is 3.36. The van der Waals surface area contributed by atoms with Crippen molar-refractivity contribution in [3.63, 3.8) is 0 Å². The number of nitrogens with one attached hydrogen (secondary N) is 2. The summed E-state index contributed by atoms with van der Waals surface area (Å²) in [5.74, 6) is 0.383. The van der Waals surface area contributed by atoms with Crippen LogP contribution in [0.25, 0.3) is 10.9 Å². The summed E-state index contributed by atoms with van der Waals surface area (Å²) in [6, 6.07) is 9.90. The molecule has 1 fully saturated rings. The number of aromatic amines is 1. The molecule has 1 atom stereocenters. The molecular formula is C16H21N3O2. The first-order valence-corrected chi connectivity index (χ1v) is 7.37. The lowest BCUT2D eigenvalue weighted by Gasteiger charge is -2.21. The van der Waals surface area contributed by atoms with Gasteiger partial charge in [0.05, 0.1) is 12.6 Å². The van der Waals surface area contributed by atoms with Gasteiger partial charge in [0.1, 0.15) is 0 Å². The molecule has 1 heterocycles. The van der Waals surface area contributed by atoms with Gasteiger partial charge in [-0.1, -0.05) is 18.2 Å². The summed E-state index contributed by atoms with van der Waals surface area (Å²) < 4.78 is 0. The number of para-hydroxylation sites is 1. The van der Waals surface area contributed by atoms with Gasteiger partial charge in [0.15, 0.2) is 0 Å². The number of rotatable bonds is 5. The number of H-pyrrole nitrogens is 1. The summed E-state index contributed by atoms with van der Waals surface area (Å²) >= 11 is 0. The van der Waals surface area contributed by atoms with Crippen LogP contribution >= 0.6 is 0 Å². The number of carbonyl (C=O) groups excluding carboxylic acids is 1. The average Bonchev–Trinajstić information content (AvgIpc) is 3.24. The number of aromatic nitrogens is 1. The molecule has 3 N–H and O–H groups in total. The van der Waals surface area contributed by atoms with Crippen LogP contribution in [0.2, 0.25) is 0 Å². The SMILES string of the molecule is CN(CC(O)C1CC1)C(=O)NCc1cc2ccccc2[nH]1. The van der Waals surface area contributed by atoms with Crippen LogP contribution in [0.1, 0.15) is 18.5 Å². The van der Waals surface area contributed by atoms with E-state index in [1.807, 2.05) is 30.3 Å². The average molecular weight is 287 g/mol. The lowest BCUT2D eigenvalue weighted by Crippen LogP contribution is -2.41. The third-order valence-corrected chi connectivity index (χ3v) is 3.99. The molecule has 1 aromatic carbocycles. The molecule has 0 aliphatic heterocycles. The van der Waals surface area contributed by atoms with Crippen LogP contribution in [0.5, 0.6) is 0 Å². The number of hydrogen-bond acceptors (Lipinski definition) is 2. The van der Waals surface area contributed by atoms with Crippen LogP contribution in [0.15, 0.2) is 30.3 Å². The quantitative estimate of drug-likeness (QED) is 0.788. The van der Waals surface area contributed by atoms with E-state index in [1.54, 1.807) is 11.9 Å². The maximum Gasteiger partial charge on any atom is 0.317 e. The molecule has 21 heavy (non-hydrogen) atoms. The first kappa shape index (κ1) is 13.9. The Morgan fingerprint density at radius 1 is 1.48 bits per heavy atom. The topological polar surface area (TPSA) is 68.4 Å². The third-order valence-electron chi connectivity index (χ3n) is 3.99. The zero-order valence-corrected chi connectivity index (χ0v) is 12.2. The molecule has 0 saturated heterocycles. The fourth-order valence-electron chi connectivity index (χ4n) is 2.53. The monoisotopic (exact) mass is 287 g/mol. The van der Waals surface area contributed by atoms with E-state index in [2.05, 4.69) is 10.3 Å². The molecule has 1 aliphatic rings. The summed E-state index contributed by atoms with van der Waals surface area (Å²) in [7, 11) is 1.71. The van der Waals surface area contributed by atoms with Crippen LogP contribution in [0, 0.1) is 5.92 Å². The fourth-order valence-corrected chi connectivity index (χ4v) is 2.53. The Labute approximate surface area is 124 Å². The number of urea groups is 1. The number of nitrogens with zero attached hydrogens (tertiary/aromatic N) is 1. The van der Waals surface area contributed by atoms with Crippen molar-refractivity contribution in [1.82, 2.24) is 15.2 Å². The van der Waals surface area contributed by atoms with Gasteiger partial charge in [-0.15, -0.1) is 0 Å². The zero-order chi connectivity index (χ0) is 14.8. The number of amides is 2. The number of aliphatic hydroxyl groups is 1. The normalized spacial score (nSPS) is 15.9. The van der Waals surface area contributed by atoms with Crippen molar-refractivity contribution in [1.29, 1.82) is 0 Å². The van der Waals surface area contributed by atoms with Gasteiger partial charge in [-0.05, 0) is 36.3 Å². The summed E-state index contributed by atoms with van der Waals surface area (Å²) in [5, 5.41) is 13.9. The van der Waals surface area contributed by atoms with Gasteiger partial charge in [-0.25, -0.2) is 4.79 Å². The zero-order valence-electron chi connectivity index (χ0n) is 12.2. The van der Waals surface area contributed by atoms with Crippen molar-refractivity contribution in [2.75, 3.05) is 13.6 Å². The minimum atomic E-state index is -0.395. The first-order chi connectivity index (χ1) is 10.1. The molecule has 112 valence electrons. The molecule has 1 saturated carbocycles. The second-order valence-electron chi connectivity index (χ2n) is 5.83. The highest BCUT2D eigenvalue weighted by Gasteiger charge is 2.31. The Morgan fingerprint density at radius 2 is 2.24 bits per heavy atom. The number of aliphatic hydroxyl groups excluding tert-OH is 1. The van der Waals surface area contributed by atoms with E-state index in [4.69, 9.17) is 0 Å². The molecule has 1 aliphatic carbocycles. The molecule has 2 aromatic rings. The highest BCUT2D eigenvalue weighted by molar-refractivity contribution is 5.80. The van der Waals surface area contributed by atoms with Crippen LogP contribution in [-0.4, -0.2) is 40.7 Å². The molecule has 1 unspecified atom stereocenters. The van der Waals surface area contributed by atoms with Crippen molar-refractivity contribution >= 4 is 16.9 Å². The maximum absolute atomic E-state index is 12.0. The van der Waals surface area contributed by atoms with Crippen molar-refractivity contribution in [3.8, 4) is 0 Å². The minimum absolute atomic E-state index is 0.159. The van der Waals surface area contributed by atoms with Gasteiger partial charge < -0.3 is 20.3 Å². The highest BCUT2D eigenvalue weighted by atomic mass is 16.3. The van der Waals surface area contributed by atoms with Gasteiger partial charge in [-0.3, -0.25) is 0 Å². The Hall–Kier alpha value is -2.01. The van der Waals surface area contributed by atoms with E-state index in [9.17, 15) is 9.90 Å². The molecule has 3 rings (SSSR count). The van der Waals surface area contributed by atoms with E-state index in [1.165, 1.54) is 0 Å². The van der Waals surface area contributed by atoms with Gasteiger partial charge in [0.25, 0.3) is 0 Å². The van der Waals surface area contributed by atoms with Crippen molar-refractivity contribution in [2.45, 2.75) is 25.5 Å². The van der Waals surface area contributed by atoms with Gasteiger partial charge in [0.2, 0.25) is 0 Å². The Balaban J connectivity index is 1.52. The van der Waals surface area contributed by atoms with Crippen molar-refractivity contribution in [2.24, 2.45) is 5.92 Å². The summed E-state index contributed by atoms with van der Waals surface area (Å²) in [5.41, 5.74) is 2.04. The molecular weight excluding hydrogens is 266 g/mol. The van der Waals surface area contributed by atoms with Crippen molar-refractivity contribution in [3.05, 3.63) is 36.0 Å². The van der Waals surface area contributed by atoms with Crippen LogP contribution in [0.3, 0.4) is 0 Å². The Morgan fingerprint density at radius 3 is 2.95 bits per heavy atom. The molecule has 5 heteroatoms. The van der Waals surface area contributed by atoms with Gasteiger partial charge in [-0.2, -0.15) is 0 Å². The second-order valence-corrected chi connectivity index (χ2v) is 5.83. The number of hydrogen-bond donors (Lipinski definition) is 3. The van der Waals surface area contributed by atoms with E-state index in [0.29, 0.717) is 19.0 Å². The Kier molecular flexibility index (Phi) is 3.84. The van der Waals surface area contributed by atoms with Gasteiger partial charge >= 0.3 is 6.03 Å². The minimum Gasteiger partial charge on any atom is -0.391 e. The largest absolute Gasteiger partial charge is 0.391 e. The highest BCUT2D eigenvalue weighted by Crippen LogP contribution is 2.32. The van der Waals surface area contributed by atoms with E-state index in [-0.39, 0.29) is 6.03 Å². The van der Waals surface area contributed by atoms with Crippen LogP contribution in [0.4, 0.5) is 4.79 Å². The lowest BCUT2D eigenvalue weighted by atomic mass is 10.2. The number of fused-ring (bicyclic) bond motifs is 1. The summed E-state index contributed by atoms with van der Waals surface area (Å²) in [6.07, 6.45) is 1.76. The van der Waals surface area contributed by atoms with E-state index in [0.717, 1.165) is 29.4 Å². The first-order valence-electron chi connectivity index (χ1n) is 7.37. The standard InChI is InChI=1S/C16H21N3O2/c1-19(10-15(20)11-6-7-11)16(21)17-9-13-8-12-4-2-3-5-14(12)18-13/h2-5,8,11,15,18,20H,6-7,9-10H2,1H3,(H,17,21). The fraction of sp³-hybridized carbons (Fsp3) is 0.438. The number of likely N-dealkylation sites (N-methyl/N-ethyl adjacent to an activating group) is 1. The molecule has 0 spiro atoms. The molecule has 1 aromatic heterocycles. The summed E-state index contributed by atoms with van der Waals surface area (Å²) in [4.78, 5) is 16.8. The van der Waals surface area contributed by atoms with E-state index < -0.39 is 6.10 Å². The predicted octanol–water partition coefficient (Wildman–Crippen LogP) is 2.08. The van der Waals surface area contributed by atoms with Crippen LogP contribution in [-0.2, 0) is 6.54 Å². The van der Waals surface area contributed by atoms with Gasteiger partial charge in [0, 0.05) is 24.8 Å². The molecule has 5 nitrogen and oxygen atoms in total. The maximum atomic E-state index is 12.0.